The predicted octanol–water partition coefficient (Wildman–Crippen LogP) is 4.09. The van der Waals surface area contributed by atoms with Gasteiger partial charge in [0.2, 0.25) is 10.6 Å². The molecule has 0 saturated carbocycles. The van der Waals surface area contributed by atoms with E-state index in [1.54, 1.807) is 10.9 Å². The third-order valence-electron chi connectivity index (χ3n) is 4.07. The molecule has 0 spiro atoms. The van der Waals surface area contributed by atoms with E-state index in [1.165, 1.54) is 11.3 Å². The van der Waals surface area contributed by atoms with Crippen LogP contribution >= 0.6 is 28.1 Å². The summed E-state index contributed by atoms with van der Waals surface area (Å²) in [6, 6.07) is 10.0. The van der Waals surface area contributed by atoms with Gasteiger partial charge in [0.05, 0.1) is 6.21 Å². The number of allylic oxidation sites excluding steroid dienone is 1. The van der Waals surface area contributed by atoms with Crippen LogP contribution in [0.2, 0.25) is 0 Å². The van der Waals surface area contributed by atoms with E-state index >= 15 is 0 Å². The molecule has 0 unspecified atom stereocenters. The minimum atomic E-state index is 0.431. The monoisotopic (exact) mass is 414 g/mol. The van der Waals surface area contributed by atoms with Gasteiger partial charge in [0.1, 0.15) is 5.69 Å². The number of aromatic amines is 2. The smallest absolute Gasteiger partial charge is 0.216 e. The molecule has 1 aromatic carbocycles. The largest absolute Gasteiger partial charge is 0.282 e. The molecule has 0 fully saturated rings. The summed E-state index contributed by atoms with van der Waals surface area (Å²) in [6.07, 6.45) is 6.86. The van der Waals surface area contributed by atoms with E-state index in [9.17, 15) is 0 Å². The van der Waals surface area contributed by atoms with Gasteiger partial charge in [0, 0.05) is 15.7 Å². The van der Waals surface area contributed by atoms with Crippen LogP contribution in [0.25, 0.3) is 17.6 Å². The van der Waals surface area contributed by atoms with Crippen LogP contribution < -0.4 is 0 Å². The first kappa shape index (κ1) is 16.2. The van der Waals surface area contributed by atoms with Crippen LogP contribution in [0.15, 0.2) is 39.9 Å². The summed E-state index contributed by atoms with van der Waals surface area (Å²) in [7, 11) is 0. The molecule has 126 valence electrons. The maximum atomic E-state index is 5.31. The zero-order chi connectivity index (χ0) is 17.2. The van der Waals surface area contributed by atoms with Crippen molar-refractivity contribution in [1.82, 2.24) is 25.1 Å². The lowest BCUT2D eigenvalue weighted by atomic mass is 10.2. The van der Waals surface area contributed by atoms with E-state index in [0.29, 0.717) is 10.6 Å². The molecule has 0 bridgehead atoms. The number of benzene rings is 1. The highest BCUT2D eigenvalue weighted by molar-refractivity contribution is 9.12. The molecular weight excluding hydrogens is 400 g/mol. The third kappa shape index (κ3) is 3.27. The summed E-state index contributed by atoms with van der Waals surface area (Å²) in [5.41, 5.74) is 4.30. The van der Waals surface area contributed by atoms with Gasteiger partial charge < -0.3 is 0 Å². The van der Waals surface area contributed by atoms with E-state index < -0.39 is 0 Å². The Morgan fingerprint density at radius 1 is 1.20 bits per heavy atom. The fraction of sp³-hybridized carbons (Fsp3) is 0.176. The highest BCUT2D eigenvalue weighted by atomic mass is 79.9. The summed E-state index contributed by atoms with van der Waals surface area (Å²) in [5, 5.41) is 19.1. The summed E-state index contributed by atoms with van der Waals surface area (Å²) in [4.78, 5) is 0. The van der Waals surface area contributed by atoms with Gasteiger partial charge in [-0.25, -0.2) is 5.10 Å². The van der Waals surface area contributed by atoms with Crippen LogP contribution in [0.5, 0.6) is 0 Å². The lowest BCUT2D eigenvalue weighted by Gasteiger charge is -1.99. The Kier molecular flexibility index (Phi) is 4.46. The van der Waals surface area contributed by atoms with E-state index in [2.05, 4.69) is 41.4 Å². The highest BCUT2D eigenvalue weighted by Crippen LogP contribution is 2.29. The van der Waals surface area contributed by atoms with Crippen molar-refractivity contribution in [2.24, 2.45) is 5.10 Å². The van der Waals surface area contributed by atoms with Gasteiger partial charge in [-0.15, -0.1) is 0 Å². The Hall–Kier alpha value is -2.32. The first-order valence-electron chi connectivity index (χ1n) is 7.93. The zero-order valence-corrected chi connectivity index (χ0v) is 15.6. The maximum Gasteiger partial charge on any atom is 0.216 e. The highest BCUT2D eigenvalue weighted by Gasteiger charge is 2.23. The Morgan fingerprint density at radius 3 is 2.88 bits per heavy atom. The minimum Gasteiger partial charge on any atom is -0.282 e. The van der Waals surface area contributed by atoms with Crippen molar-refractivity contribution in [3.63, 3.8) is 0 Å². The molecule has 3 aromatic rings. The Bertz CT molecular complexity index is 1010. The van der Waals surface area contributed by atoms with E-state index in [1.807, 2.05) is 36.4 Å². The molecule has 0 amide bonds. The number of aryl methyl sites for hydroxylation is 1. The molecule has 25 heavy (non-hydrogen) atoms. The average Bonchev–Trinajstić information content (AvgIpc) is 3.30. The number of hydrogen-bond acceptors (Lipinski definition) is 4. The molecular formula is C17H15BrN6S. The molecule has 4 rings (SSSR count). The third-order valence-corrected chi connectivity index (χ3v) is 4.77. The fourth-order valence-electron chi connectivity index (χ4n) is 2.91. The van der Waals surface area contributed by atoms with Crippen molar-refractivity contribution in [2.45, 2.75) is 19.3 Å². The Morgan fingerprint density at radius 2 is 2.04 bits per heavy atom. The van der Waals surface area contributed by atoms with E-state index in [4.69, 9.17) is 12.2 Å². The first-order valence-corrected chi connectivity index (χ1v) is 9.13. The molecule has 2 aromatic heterocycles. The van der Waals surface area contributed by atoms with Crippen LogP contribution in [-0.2, 0) is 12.8 Å². The molecule has 0 radical (unpaired) electrons. The van der Waals surface area contributed by atoms with Crippen molar-refractivity contribution in [2.75, 3.05) is 0 Å². The second kappa shape index (κ2) is 6.89. The zero-order valence-electron chi connectivity index (χ0n) is 13.2. The molecule has 8 heteroatoms. The maximum absolute atomic E-state index is 5.31. The summed E-state index contributed by atoms with van der Waals surface area (Å²) < 4.78 is 2.87. The molecule has 0 atom stereocenters. The number of fused-ring (bicyclic) bond motifs is 1. The Balaban J connectivity index is 1.66. The number of H-pyrrole nitrogens is 2. The van der Waals surface area contributed by atoms with Crippen molar-refractivity contribution in [3.05, 3.63) is 56.4 Å². The predicted molar refractivity (Wildman–Crippen MR) is 104 cm³/mol. The summed E-state index contributed by atoms with van der Waals surface area (Å²) in [6.45, 7) is 0. The second-order valence-electron chi connectivity index (χ2n) is 5.73. The van der Waals surface area contributed by atoms with Crippen molar-refractivity contribution in [1.29, 1.82) is 0 Å². The molecule has 2 heterocycles. The molecule has 6 nitrogen and oxygen atoms in total. The molecule has 1 aliphatic carbocycles. The van der Waals surface area contributed by atoms with Gasteiger partial charge in [-0.1, -0.05) is 30.3 Å². The first-order chi connectivity index (χ1) is 12.2. The van der Waals surface area contributed by atoms with Crippen molar-refractivity contribution in [3.8, 4) is 11.5 Å². The standard InChI is InChI=1S/C17H15BrN6S/c18-12(9-11-5-2-1-3-6-11)10-19-24-16(22-23-17(24)25)15-13-7-4-8-14(13)20-21-15/h1-3,5-6,9-10H,4,7-8H2,(H,20,21)(H,23,25)/b12-9-,19-10-. The minimum absolute atomic E-state index is 0.431. The number of halogens is 1. The van der Waals surface area contributed by atoms with Gasteiger partial charge in [0.25, 0.3) is 0 Å². The second-order valence-corrected chi connectivity index (χ2v) is 7.03. The van der Waals surface area contributed by atoms with Gasteiger partial charge in [0.15, 0.2) is 0 Å². The topological polar surface area (TPSA) is 74.7 Å². The number of aromatic nitrogens is 5. The summed E-state index contributed by atoms with van der Waals surface area (Å²) in [5.74, 6) is 0.626. The fourth-order valence-corrected chi connectivity index (χ4v) is 3.45. The van der Waals surface area contributed by atoms with Gasteiger partial charge in [-0.3, -0.25) is 5.10 Å². The van der Waals surface area contributed by atoms with Crippen LogP contribution in [0.1, 0.15) is 23.2 Å². The van der Waals surface area contributed by atoms with Crippen LogP contribution in [0, 0.1) is 4.77 Å². The van der Waals surface area contributed by atoms with Crippen LogP contribution in [-0.4, -0.2) is 31.3 Å². The van der Waals surface area contributed by atoms with Gasteiger partial charge >= 0.3 is 0 Å². The SMILES string of the molecule is S=c1[nH]nc(-c2n[nH]c3c2CCC3)n1/N=C\C(Br)=C\c1ccccc1. The van der Waals surface area contributed by atoms with Crippen LogP contribution in [0.3, 0.4) is 0 Å². The number of hydrogen-bond donors (Lipinski definition) is 2. The van der Waals surface area contributed by atoms with Crippen molar-refractivity contribution < 1.29 is 0 Å². The average molecular weight is 415 g/mol. The van der Waals surface area contributed by atoms with E-state index in [0.717, 1.165) is 35.0 Å². The molecule has 0 aliphatic heterocycles. The lowest BCUT2D eigenvalue weighted by molar-refractivity contribution is 0.844. The van der Waals surface area contributed by atoms with Crippen LogP contribution in [0.4, 0.5) is 0 Å². The molecule has 1 aliphatic rings. The quantitative estimate of drug-likeness (QED) is 0.498. The normalized spacial score (nSPS) is 14.4. The number of nitrogens with one attached hydrogen (secondary N) is 2. The van der Waals surface area contributed by atoms with Crippen molar-refractivity contribution >= 4 is 40.4 Å². The lowest BCUT2D eigenvalue weighted by Crippen LogP contribution is -1.97. The van der Waals surface area contributed by atoms with Gasteiger partial charge in [-0.05, 0) is 59.0 Å². The van der Waals surface area contributed by atoms with Gasteiger partial charge in [-0.2, -0.15) is 20.0 Å². The summed E-state index contributed by atoms with van der Waals surface area (Å²) >= 11 is 8.83. The number of rotatable bonds is 4. The Labute approximate surface area is 157 Å². The molecule has 2 N–H and O–H groups in total. The van der Waals surface area contributed by atoms with E-state index in [-0.39, 0.29) is 0 Å². The number of nitrogens with zero attached hydrogens (tertiary/aromatic N) is 4. The molecule has 0 saturated heterocycles.